The molecule has 2 fully saturated rings. The molecule has 1 saturated heterocycles. The van der Waals surface area contributed by atoms with Crippen LogP contribution in [-0.4, -0.2) is 34.3 Å². The number of nitrogens with zero attached hydrogens (tertiary/aromatic N) is 2. The molecule has 0 bridgehead atoms. The number of benzene rings is 1. The molecule has 4 rings (SSSR count). The third-order valence-corrected chi connectivity index (χ3v) is 5.05. The lowest BCUT2D eigenvalue weighted by Gasteiger charge is -2.31. The van der Waals surface area contributed by atoms with Crippen molar-refractivity contribution >= 4 is 16.8 Å². The summed E-state index contributed by atoms with van der Waals surface area (Å²) in [6, 6.07) is 7.98. The van der Waals surface area contributed by atoms with E-state index in [0.29, 0.717) is 22.9 Å². The first kappa shape index (κ1) is 15.3. The first-order valence-electron chi connectivity index (χ1n) is 8.43. The fraction of sp³-hybridized carbons (Fsp3) is 0.471. The van der Waals surface area contributed by atoms with Crippen molar-refractivity contribution in [1.29, 1.82) is 0 Å². The highest BCUT2D eigenvalue weighted by molar-refractivity contribution is 5.81. The number of fused-ring (bicyclic) bond motifs is 2. The molecule has 126 valence electrons. The van der Waals surface area contributed by atoms with E-state index in [1.54, 1.807) is 10.7 Å². The van der Waals surface area contributed by atoms with E-state index in [0.717, 1.165) is 25.8 Å². The zero-order chi connectivity index (χ0) is 16.5. The first-order valence-corrected chi connectivity index (χ1v) is 8.43. The van der Waals surface area contributed by atoms with Crippen molar-refractivity contribution in [3.8, 4) is 0 Å². The normalized spacial score (nSPS) is 26.2. The predicted octanol–water partition coefficient (Wildman–Crippen LogP) is 0.158. The van der Waals surface area contributed by atoms with Crippen LogP contribution in [0.15, 0.2) is 35.3 Å². The molecule has 1 amide bonds. The summed E-state index contributed by atoms with van der Waals surface area (Å²) in [4.78, 5) is 24.3. The van der Waals surface area contributed by atoms with Gasteiger partial charge in [-0.25, -0.2) is 0 Å². The van der Waals surface area contributed by atoms with Crippen molar-refractivity contribution in [1.82, 2.24) is 25.9 Å². The Morgan fingerprint density at radius 1 is 1.33 bits per heavy atom. The Bertz CT molecular complexity index is 818. The number of para-hydroxylation sites is 1. The summed E-state index contributed by atoms with van der Waals surface area (Å²) in [5.74, 6) is 0.522. The summed E-state index contributed by atoms with van der Waals surface area (Å²) in [6.07, 6.45) is 4.33. The van der Waals surface area contributed by atoms with E-state index in [1.807, 2.05) is 18.2 Å². The minimum atomic E-state index is -0.123. The van der Waals surface area contributed by atoms with Crippen LogP contribution in [0.4, 0.5) is 0 Å². The highest BCUT2D eigenvalue weighted by Crippen LogP contribution is 2.26. The average Bonchev–Trinajstić information content (AvgIpc) is 3.05. The van der Waals surface area contributed by atoms with Crippen molar-refractivity contribution in [2.45, 2.75) is 37.9 Å². The molecule has 3 N–H and O–H groups in total. The molecule has 2 aliphatic rings. The number of rotatable bonds is 3. The van der Waals surface area contributed by atoms with Crippen molar-refractivity contribution < 1.29 is 4.79 Å². The fourth-order valence-electron chi connectivity index (χ4n) is 3.83. The van der Waals surface area contributed by atoms with E-state index < -0.39 is 0 Å². The molecule has 1 aromatic heterocycles. The van der Waals surface area contributed by atoms with Gasteiger partial charge in [-0.05, 0) is 37.3 Å². The van der Waals surface area contributed by atoms with E-state index >= 15 is 0 Å². The van der Waals surface area contributed by atoms with E-state index in [2.05, 4.69) is 21.3 Å². The molecular weight excluding hydrogens is 306 g/mol. The molecule has 1 aliphatic carbocycles. The number of carbonyl (C=O) groups excluding carboxylic acids is 1. The maximum absolute atomic E-state index is 12.4. The van der Waals surface area contributed by atoms with Crippen LogP contribution in [0.1, 0.15) is 19.3 Å². The summed E-state index contributed by atoms with van der Waals surface area (Å²) in [6.45, 7) is 1.09. The molecule has 2 heterocycles. The first-order chi connectivity index (χ1) is 11.7. The van der Waals surface area contributed by atoms with Gasteiger partial charge in [0.05, 0.1) is 11.7 Å². The number of hydrazine groups is 1. The average molecular weight is 327 g/mol. The van der Waals surface area contributed by atoms with E-state index in [-0.39, 0.29) is 23.9 Å². The molecule has 7 heteroatoms. The minimum Gasteiger partial charge on any atom is -0.352 e. The smallest absolute Gasteiger partial charge is 0.241 e. The molecule has 1 aliphatic heterocycles. The third-order valence-electron chi connectivity index (χ3n) is 5.05. The quantitative estimate of drug-likeness (QED) is 0.747. The van der Waals surface area contributed by atoms with E-state index in [1.165, 1.54) is 6.20 Å². The monoisotopic (exact) mass is 327 g/mol. The van der Waals surface area contributed by atoms with Gasteiger partial charge < -0.3 is 5.32 Å². The standard InChI is InChI=1S/C17H21N5O2/c23-16-9-19-22(15-4-2-1-3-13(15)16)10-17(24)20-12-5-6-14-11(7-12)8-18-21-14/h1-4,9,11-12,14,18,21H,5-8,10H2,(H,20,24). The van der Waals surface area contributed by atoms with Crippen LogP contribution in [0.3, 0.4) is 0 Å². The molecule has 3 atom stereocenters. The Morgan fingerprint density at radius 3 is 3.12 bits per heavy atom. The van der Waals surface area contributed by atoms with Gasteiger partial charge in [0.2, 0.25) is 11.3 Å². The maximum atomic E-state index is 12.4. The summed E-state index contributed by atoms with van der Waals surface area (Å²) >= 11 is 0. The second-order valence-corrected chi connectivity index (χ2v) is 6.65. The van der Waals surface area contributed by atoms with Gasteiger partial charge >= 0.3 is 0 Å². The molecule has 2 aromatic rings. The lowest BCUT2D eigenvalue weighted by Crippen LogP contribution is -2.45. The number of hydrogen-bond donors (Lipinski definition) is 3. The van der Waals surface area contributed by atoms with Crippen molar-refractivity contribution in [2.24, 2.45) is 5.92 Å². The van der Waals surface area contributed by atoms with Gasteiger partial charge in [-0.2, -0.15) is 5.10 Å². The van der Waals surface area contributed by atoms with Crippen LogP contribution < -0.4 is 21.6 Å². The van der Waals surface area contributed by atoms with Crippen LogP contribution in [0.2, 0.25) is 0 Å². The second-order valence-electron chi connectivity index (χ2n) is 6.65. The van der Waals surface area contributed by atoms with Crippen molar-refractivity contribution in [3.05, 3.63) is 40.7 Å². The highest BCUT2D eigenvalue weighted by Gasteiger charge is 2.34. The van der Waals surface area contributed by atoms with Gasteiger partial charge in [-0.15, -0.1) is 0 Å². The Morgan fingerprint density at radius 2 is 2.21 bits per heavy atom. The van der Waals surface area contributed by atoms with Crippen LogP contribution >= 0.6 is 0 Å². The molecular formula is C17H21N5O2. The number of nitrogens with one attached hydrogen (secondary N) is 3. The van der Waals surface area contributed by atoms with Gasteiger partial charge in [0.25, 0.3) is 0 Å². The van der Waals surface area contributed by atoms with Crippen LogP contribution in [0.25, 0.3) is 10.9 Å². The molecule has 0 spiro atoms. The molecule has 1 aromatic carbocycles. The lowest BCUT2D eigenvalue weighted by atomic mass is 9.83. The Kier molecular flexibility index (Phi) is 4.03. The van der Waals surface area contributed by atoms with E-state index in [4.69, 9.17) is 0 Å². The number of hydrogen-bond acceptors (Lipinski definition) is 5. The van der Waals surface area contributed by atoms with E-state index in [9.17, 15) is 9.59 Å². The fourth-order valence-corrected chi connectivity index (χ4v) is 3.83. The molecule has 7 nitrogen and oxygen atoms in total. The summed E-state index contributed by atoms with van der Waals surface area (Å²) in [5.41, 5.74) is 7.05. The van der Waals surface area contributed by atoms with Gasteiger partial charge in [0, 0.05) is 24.0 Å². The predicted molar refractivity (Wildman–Crippen MR) is 90.2 cm³/mol. The van der Waals surface area contributed by atoms with Crippen LogP contribution in [-0.2, 0) is 11.3 Å². The van der Waals surface area contributed by atoms with Gasteiger partial charge in [0.1, 0.15) is 6.54 Å². The number of amides is 1. The highest BCUT2D eigenvalue weighted by atomic mass is 16.2. The Labute approximate surface area is 139 Å². The zero-order valence-electron chi connectivity index (χ0n) is 13.4. The summed E-state index contributed by atoms with van der Waals surface area (Å²) < 4.78 is 1.59. The SMILES string of the molecule is O=C(Cn1ncc(=O)c2ccccc21)NC1CCC2NNCC2C1. The Balaban J connectivity index is 1.45. The van der Waals surface area contributed by atoms with Gasteiger partial charge in [0.15, 0.2) is 0 Å². The summed E-state index contributed by atoms with van der Waals surface area (Å²) in [7, 11) is 0. The number of aromatic nitrogens is 2. The minimum absolute atomic E-state index is 0.0568. The van der Waals surface area contributed by atoms with Gasteiger partial charge in [-0.3, -0.25) is 25.1 Å². The van der Waals surface area contributed by atoms with Gasteiger partial charge in [-0.1, -0.05) is 12.1 Å². The third kappa shape index (κ3) is 2.92. The van der Waals surface area contributed by atoms with Crippen molar-refractivity contribution in [2.75, 3.05) is 6.54 Å². The van der Waals surface area contributed by atoms with Crippen molar-refractivity contribution in [3.63, 3.8) is 0 Å². The lowest BCUT2D eigenvalue weighted by molar-refractivity contribution is -0.122. The summed E-state index contributed by atoms with van der Waals surface area (Å²) in [5, 5.41) is 7.83. The molecule has 3 unspecified atom stereocenters. The Hall–Kier alpha value is -2.25. The topological polar surface area (TPSA) is 88.0 Å². The zero-order valence-corrected chi connectivity index (χ0v) is 13.4. The maximum Gasteiger partial charge on any atom is 0.241 e. The molecule has 1 saturated carbocycles. The van der Waals surface area contributed by atoms with Crippen LogP contribution in [0, 0.1) is 5.92 Å². The second kappa shape index (κ2) is 6.33. The number of carbonyl (C=O) groups is 1. The van der Waals surface area contributed by atoms with Crippen LogP contribution in [0.5, 0.6) is 0 Å². The molecule has 0 radical (unpaired) electrons. The molecule has 24 heavy (non-hydrogen) atoms. The largest absolute Gasteiger partial charge is 0.352 e.